The number of allylic oxidation sites excluding steroid dienone is 1. The zero-order valence-electron chi connectivity index (χ0n) is 14.6. The molecule has 0 aliphatic rings. The SMILES string of the molecule is C=CCC(CCCCCCCCCC)C(=O)O.NC(=O)CCO. The second kappa shape index (κ2) is 18.7. The minimum atomic E-state index is -0.673. The molecule has 0 saturated carbocycles. The molecule has 0 aromatic carbocycles. The maximum absolute atomic E-state index is 10.9. The number of carbonyl (C=O) groups excluding carboxylic acids is 1. The van der Waals surface area contributed by atoms with Gasteiger partial charge in [-0.15, -0.1) is 6.58 Å². The van der Waals surface area contributed by atoms with Gasteiger partial charge in [-0.25, -0.2) is 0 Å². The summed E-state index contributed by atoms with van der Waals surface area (Å²) in [4.78, 5) is 20.5. The van der Waals surface area contributed by atoms with Gasteiger partial charge >= 0.3 is 5.97 Å². The van der Waals surface area contributed by atoms with Gasteiger partial charge in [-0.3, -0.25) is 9.59 Å². The van der Waals surface area contributed by atoms with Gasteiger partial charge in [-0.1, -0.05) is 64.4 Å². The zero-order chi connectivity index (χ0) is 17.9. The van der Waals surface area contributed by atoms with E-state index >= 15 is 0 Å². The molecule has 1 unspecified atom stereocenters. The van der Waals surface area contributed by atoms with E-state index in [9.17, 15) is 9.59 Å². The first-order valence-corrected chi connectivity index (χ1v) is 8.72. The van der Waals surface area contributed by atoms with Gasteiger partial charge in [0.15, 0.2) is 0 Å². The van der Waals surface area contributed by atoms with Gasteiger partial charge < -0.3 is 15.9 Å². The fraction of sp³-hybridized carbons (Fsp3) is 0.778. The summed E-state index contributed by atoms with van der Waals surface area (Å²) >= 11 is 0. The van der Waals surface area contributed by atoms with Crippen LogP contribution in [0.2, 0.25) is 0 Å². The molecule has 0 rings (SSSR count). The predicted molar refractivity (Wildman–Crippen MR) is 94.1 cm³/mol. The van der Waals surface area contributed by atoms with Gasteiger partial charge in [0, 0.05) is 6.42 Å². The number of carboxylic acid groups (broad SMARTS) is 1. The van der Waals surface area contributed by atoms with Gasteiger partial charge in [-0.2, -0.15) is 0 Å². The van der Waals surface area contributed by atoms with E-state index in [0.717, 1.165) is 12.8 Å². The van der Waals surface area contributed by atoms with Crippen LogP contribution in [0.25, 0.3) is 0 Å². The van der Waals surface area contributed by atoms with E-state index in [4.69, 9.17) is 10.2 Å². The van der Waals surface area contributed by atoms with Crippen molar-refractivity contribution in [2.75, 3.05) is 6.61 Å². The number of primary amides is 1. The van der Waals surface area contributed by atoms with Crippen LogP contribution in [0.15, 0.2) is 12.7 Å². The number of carboxylic acids is 1. The Kier molecular flexibility index (Phi) is 19.4. The van der Waals surface area contributed by atoms with Gasteiger partial charge in [0.2, 0.25) is 5.91 Å². The molecule has 0 heterocycles. The molecule has 0 saturated heterocycles. The quantitative estimate of drug-likeness (QED) is 0.334. The van der Waals surface area contributed by atoms with E-state index in [0.29, 0.717) is 6.42 Å². The second-order valence-electron chi connectivity index (χ2n) is 5.76. The van der Waals surface area contributed by atoms with Crippen LogP contribution < -0.4 is 5.73 Å². The van der Waals surface area contributed by atoms with Crippen molar-refractivity contribution in [2.45, 2.75) is 77.6 Å². The van der Waals surface area contributed by atoms with Crippen LogP contribution in [0.3, 0.4) is 0 Å². The van der Waals surface area contributed by atoms with Crippen molar-refractivity contribution >= 4 is 11.9 Å². The van der Waals surface area contributed by atoms with Gasteiger partial charge in [0.05, 0.1) is 12.5 Å². The average molecular weight is 329 g/mol. The lowest BCUT2D eigenvalue weighted by molar-refractivity contribution is -0.141. The number of aliphatic hydroxyl groups excluding tert-OH is 1. The molecule has 23 heavy (non-hydrogen) atoms. The molecule has 5 nitrogen and oxygen atoms in total. The summed E-state index contributed by atoms with van der Waals surface area (Å²) in [6.45, 7) is 5.69. The highest BCUT2D eigenvalue weighted by Crippen LogP contribution is 2.16. The molecule has 0 aliphatic heterocycles. The number of aliphatic hydroxyl groups is 1. The molecule has 0 radical (unpaired) electrons. The smallest absolute Gasteiger partial charge is 0.306 e. The van der Waals surface area contributed by atoms with E-state index in [1.165, 1.54) is 44.9 Å². The molecule has 0 fully saturated rings. The lowest BCUT2D eigenvalue weighted by Crippen LogP contribution is -2.12. The molecule has 136 valence electrons. The van der Waals surface area contributed by atoms with Crippen LogP contribution in [-0.4, -0.2) is 28.7 Å². The molecule has 0 aromatic heterocycles. The first-order chi connectivity index (χ1) is 11.0. The fourth-order valence-electron chi connectivity index (χ4n) is 2.18. The highest BCUT2D eigenvalue weighted by atomic mass is 16.4. The van der Waals surface area contributed by atoms with Crippen molar-refractivity contribution in [3.05, 3.63) is 12.7 Å². The monoisotopic (exact) mass is 329 g/mol. The molecule has 1 atom stereocenters. The summed E-state index contributed by atoms with van der Waals surface area (Å²) in [6, 6.07) is 0. The van der Waals surface area contributed by atoms with E-state index in [-0.39, 0.29) is 18.9 Å². The molecular formula is C18H35NO4. The maximum atomic E-state index is 10.9. The van der Waals surface area contributed by atoms with Crippen molar-refractivity contribution in [3.8, 4) is 0 Å². The van der Waals surface area contributed by atoms with Gasteiger partial charge in [0.25, 0.3) is 0 Å². The Bertz CT molecular complexity index is 305. The standard InChI is InChI=1S/C15H28O2.C3H7NO2/c1-3-5-6-7-8-9-10-11-13-14(12-4-2)15(16)17;4-3(6)1-2-5/h4,14H,2-3,5-13H2,1H3,(H,16,17);5H,1-2H2,(H2,4,6). The largest absolute Gasteiger partial charge is 0.481 e. The zero-order valence-corrected chi connectivity index (χ0v) is 14.6. The summed E-state index contributed by atoms with van der Waals surface area (Å²) in [5.74, 6) is -1.35. The van der Waals surface area contributed by atoms with Crippen molar-refractivity contribution < 1.29 is 19.8 Å². The van der Waals surface area contributed by atoms with Crippen LogP contribution in [-0.2, 0) is 9.59 Å². The normalized spacial score (nSPS) is 11.2. The fourth-order valence-corrected chi connectivity index (χ4v) is 2.18. The molecule has 5 heteroatoms. The molecule has 4 N–H and O–H groups in total. The Balaban J connectivity index is 0. The number of carbonyl (C=O) groups is 2. The molecule has 0 bridgehead atoms. The number of amides is 1. The van der Waals surface area contributed by atoms with Crippen LogP contribution in [0.1, 0.15) is 77.6 Å². The van der Waals surface area contributed by atoms with Gasteiger partial charge in [0.1, 0.15) is 0 Å². The van der Waals surface area contributed by atoms with Crippen LogP contribution in [0.5, 0.6) is 0 Å². The topological polar surface area (TPSA) is 101 Å². The molecular weight excluding hydrogens is 294 g/mol. The van der Waals surface area contributed by atoms with E-state index < -0.39 is 11.9 Å². The Hall–Kier alpha value is -1.36. The Labute approximate surface area is 141 Å². The minimum absolute atomic E-state index is 0.0694. The number of nitrogens with two attached hydrogens (primary N) is 1. The van der Waals surface area contributed by atoms with E-state index in [1.807, 2.05) is 0 Å². The van der Waals surface area contributed by atoms with Crippen molar-refractivity contribution in [2.24, 2.45) is 11.7 Å². The Morgan fingerprint density at radius 2 is 1.61 bits per heavy atom. The first-order valence-electron chi connectivity index (χ1n) is 8.72. The second-order valence-corrected chi connectivity index (χ2v) is 5.76. The van der Waals surface area contributed by atoms with E-state index in [1.54, 1.807) is 6.08 Å². The maximum Gasteiger partial charge on any atom is 0.306 e. The number of hydrogen-bond acceptors (Lipinski definition) is 3. The van der Waals surface area contributed by atoms with Crippen molar-refractivity contribution in [3.63, 3.8) is 0 Å². The molecule has 0 aliphatic carbocycles. The summed E-state index contributed by atoms with van der Waals surface area (Å²) in [5.41, 5.74) is 4.60. The van der Waals surface area contributed by atoms with Crippen molar-refractivity contribution in [1.82, 2.24) is 0 Å². The highest BCUT2D eigenvalue weighted by Gasteiger charge is 2.14. The molecule has 0 aromatic rings. The van der Waals surface area contributed by atoms with Crippen LogP contribution >= 0.6 is 0 Å². The summed E-state index contributed by atoms with van der Waals surface area (Å²) in [5, 5.41) is 16.9. The number of unbranched alkanes of at least 4 members (excludes halogenated alkanes) is 7. The Morgan fingerprint density at radius 3 is 1.96 bits per heavy atom. The third kappa shape index (κ3) is 20.6. The van der Waals surface area contributed by atoms with E-state index in [2.05, 4.69) is 19.2 Å². The van der Waals surface area contributed by atoms with Crippen LogP contribution in [0, 0.1) is 5.92 Å². The number of rotatable bonds is 14. The number of aliphatic carboxylic acids is 1. The summed E-state index contributed by atoms with van der Waals surface area (Å²) < 4.78 is 0. The first kappa shape index (κ1) is 23.9. The molecule has 1 amide bonds. The lowest BCUT2D eigenvalue weighted by Gasteiger charge is -2.09. The Morgan fingerprint density at radius 1 is 1.09 bits per heavy atom. The summed E-state index contributed by atoms with van der Waals surface area (Å²) in [6.07, 6.45) is 13.3. The lowest BCUT2D eigenvalue weighted by atomic mass is 9.97. The van der Waals surface area contributed by atoms with Gasteiger partial charge in [-0.05, 0) is 12.8 Å². The predicted octanol–water partition coefficient (Wildman–Crippen LogP) is 3.65. The van der Waals surface area contributed by atoms with Crippen LogP contribution in [0.4, 0.5) is 0 Å². The molecule has 0 spiro atoms. The number of hydrogen-bond donors (Lipinski definition) is 3. The average Bonchev–Trinajstić information content (AvgIpc) is 2.49. The van der Waals surface area contributed by atoms with Crippen molar-refractivity contribution in [1.29, 1.82) is 0 Å². The third-order valence-electron chi connectivity index (χ3n) is 3.56. The third-order valence-corrected chi connectivity index (χ3v) is 3.56. The minimum Gasteiger partial charge on any atom is -0.481 e. The summed E-state index contributed by atoms with van der Waals surface area (Å²) in [7, 11) is 0. The highest BCUT2D eigenvalue weighted by molar-refractivity contribution is 5.73.